The Balaban J connectivity index is 2.44. The Morgan fingerprint density at radius 2 is 1.33 bits per heavy atom. The van der Waals surface area contributed by atoms with Gasteiger partial charge in [0.2, 0.25) is 0 Å². The van der Waals surface area contributed by atoms with Crippen molar-refractivity contribution in [1.29, 1.82) is 0 Å². The minimum absolute atomic E-state index is 0.0172. The van der Waals surface area contributed by atoms with Gasteiger partial charge in [0.15, 0.2) is 0 Å². The number of benzene rings is 2. The van der Waals surface area contributed by atoms with Crippen LogP contribution in [-0.4, -0.2) is 37.7 Å². The van der Waals surface area contributed by atoms with Crippen LogP contribution in [0.1, 0.15) is 58.6 Å². The first kappa shape index (κ1) is 29.8. The van der Waals surface area contributed by atoms with Crippen LogP contribution < -0.4 is 10.6 Å². The van der Waals surface area contributed by atoms with Crippen molar-refractivity contribution < 1.29 is 28.6 Å². The van der Waals surface area contributed by atoms with E-state index in [0.29, 0.717) is 16.3 Å². The van der Waals surface area contributed by atoms with Crippen LogP contribution >= 0.6 is 11.6 Å². The first-order valence-corrected chi connectivity index (χ1v) is 12.8. The lowest BCUT2D eigenvalue weighted by atomic mass is 9.78. The lowest BCUT2D eigenvalue weighted by Gasteiger charge is -2.37. The molecule has 208 valence electrons. The topological polar surface area (TPSA) is 108 Å². The first-order chi connectivity index (χ1) is 18.1. The van der Waals surface area contributed by atoms with Crippen LogP contribution in [0.4, 0.5) is 5.69 Å². The fourth-order valence-corrected chi connectivity index (χ4v) is 4.46. The number of carbonyl (C=O) groups is 3. The molecule has 2 N–H and O–H groups in total. The monoisotopic (exact) mass is 554 g/mol. The van der Waals surface area contributed by atoms with Crippen molar-refractivity contribution in [3.05, 3.63) is 87.3 Å². The second kappa shape index (κ2) is 11.1. The molecule has 1 aliphatic rings. The maximum Gasteiger partial charge on any atom is 0.355 e. The molecule has 2 aromatic rings. The highest BCUT2D eigenvalue weighted by Gasteiger charge is 2.46. The average molecular weight is 555 g/mol. The van der Waals surface area contributed by atoms with Gasteiger partial charge in [0.1, 0.15) is 17.1 Å². The SMILES string of the molecule is COC(=O)C1=C(C(=O)OC)N(c2ccc(Cl)cc2)C(N)=C(C(=O)OC(C)(C)C)C1c1ccc(C(C)(C)C)cc1. The van der Waals surface area contributed by atoms with Crippen LogP contribution in [0.5, 0.6) is 0 Å². The molecule has 0 bridgehead atoms. The van der Waals surface area contributed by atoms with E-state index in [1.807, 2.05) is 12.1 Å². The predicted octanol–water partition coefficient (Wildman–Crippen LogP) is 5.35. The molecular weight excluding hydrogens is 520 g/mol. The number of nitrogens with zero attached hydrogens (tertiary/aromatic N) is 1. The highest BCUT2D eigenvalue weighted by atomic mass is 35.5. The van der Waals surface area contributed by atoms with Crippen LogP contribution in [-0.2, 0) is 34.0 Å². The molecule has 0 radical (unpaired) electrons. The van der Waals surface area contributed by atoms with Crippen LogP contribution in [0.25, 0.3) is 0 Å². The van der Waals surface area contributed by atoms with Crippen molar-refractivity contribution in [3.8, 4) is 0 Å². The normalized spacial score (nSPS) is 16.2. The third-order valence-corrected chi connectivity index (χ3v) is 6.42. The molecule has 2 aromatic carbocycles. The summed E-state index contributed by atoms with van der Waals surface area (Å²) < 4.78 is 16.0. The van der Waals surface area contributed by atoms with Crippen molar-refractivity contribution in [2.24, 2.45) is 5.73 Å². The molecule has 0 spiro atoms. The van der Waals surface area contributed by atoms with Crippen molar-refractivity contribution in [3.63, 3.8) is 0 Å². The van der Waals surface area contributed by atoms with E-state index in [4.69, 9.17) is 31.5 Å². The van der Waals surface area contributed by atoms with Gasteiger partial charge in [0, 0.05) is 10.7 Å². The molecule has 8 nitrogen and oxygen atoms in total. The standard InChI is InChI=1S/C30H35ClN2O6/c1-29(2,3)18-11-9-17(10-12-18)21-22(26(34)37-7)24(28(36)38-8)33(20-15-13-19(31)14-16-20)25(32)23(21)27(35)39-30(4,5)6/h9-16,21H,32H2,1-8H3. The van der Waals surface area contributed by atoms with Gasteiger partial charge in [-0.15, -0.1) is 0 Å². The zero-order valence-electron chi connectivity index (χ0n) is 23.5. The molecule has 1 atom stereocenters. The summed E-state index contributed by atoms with van der Waals surface area (Å²) in [6, 6.07) is 13.9. The van der Waals surface area contributed by atoms with E-state index in [1.54, 1.807) is 57.2 Å². The fourth-order valence-electron chi connectivity index (χ4n) is 4.34. The molecule has 0 saturated heterocycles. The zero-order valence-corrected chi connectivity index (χ0v) is 24.3. The Kier molecular flexibility index (Phi) is 8.50. The Labute approximate surface area is 234 Å². The van der Waals surface area contributed by atoms with Crippen LogP contribution in [0.15, 0.2) is 71.2 Å². The summed E-state index contributed by atoms with van der Waals surface area (Å²) in [5.41, 5.74) is 7.35. The summed E-state index contributed by atoms with van der Waals surface area (Å²) in [5, 5.41) is 0.444. The van der Waals surface area contributed by atoms with E-state index in [-0.39, 0.29) is 28.1 Å². The second-order valence-corrected chi connectivity index (χ2v) is 11.6. The van der Waals surface area contributed by atoms with Crippen LogP contribution in [0.2, 0.25) is 5.02 Å². The summed E-state index contributed by atoms with van der Waals surface area (Å²) in [5.74, 6) is -3.58. The van der Waals surface area contributed by atoms with E-state index >= 15 is 0 Å². The van der Waals surface area contributed by atoms with Crippen molar-refractivity contribution in [2.75, 3.05) is 19.1 Å². The van der Waals surface area contributed by atoms with Crippen molar-refractivity contribution in [2.45, 2.75) is 58.5 Å². The van der Waals surface area contributed by atoms with E-state index in [9.17, 15) is 14.4 Å². The highest BCUT2D eigenvalue weighted by Crippen LogP contribution is 2.44. The largest absolute Gasteiger partial charge is 0.466 e. The molecule has 0 aromatic heterocycles. The van der Waals surface area contributed by atoms with Gasteiger partial charge in [-0.2, -0.15) is 0 Å². The average Bonchev–Trinajstić information content (AvgIpc) is 2.86. The summed E-state index contributed by atoms with van der Waals surface area (Å²) in [6.07, 6.45) is 0. The van der Waals surface area contributed by atoms with Gasteiger partial charge in [-0.1, -0.05) is 56.6 Å². The Morgan fingerprint density at radius 1 is 0.795 bits per heavy atom. The van der Waals surface area contributed by atoms with Crippen LogP contribution in [0, 0.1) is 0 Å². The minimum atomic E-state index is -1.08. The number of esters is 3. The molecule has 0 amide bonds. The number of anilines is 1. The Hall–Kier alpha value is -3.78. The summed E-state index contributed by atoms with van der Waals surface area (Å²) in [6.45, 7) is 11.4. The molecule has 0 aliphatic carbocycles. The highest BCUT2D eigenvalue weighted by molar-refractivity contribution is 6.30. The van der Waals surface area contributed by atoms with Crippen molar-refractivity contribution >= 4 is 35.2 Å². The maximum absolute atomic E-state index is 13.8. The van der Waals surface area contributed by atoms with E-state index in [2.05, 4.69) is 20.8 Å². The quantitative estimate of drug-likeness (QED) is 0.389. The number of halogens is 1. The summed E-state index contributed by atoms with van der Waals surface area (Å²) in [4.78, 5) is 41.8. The van der Waals surface area contributed by atoms with Gasteiger partial charge in [-0.3, -0.25) is 4.90 Å². The molecule has 39 heavy (non-hydrogen) atoms. The van der Waals surface area contributed by atoms with Crippen molar-refractivity contribution in [1.82, 2.24) is 0 Å². The molecule has 1 heterocycles. The number of rotatable bonds is 5. The van der Waals surface area contributed by atoms with Crippen LogP contribution in [0.3, 0.4) is 0 Å². The first-order valence-electron chi connectivity index (χ1n) is 12.4. The molecule has 3 rings (SSSR count). The molecule has 9 heteroatoms. The number of hydrogen-bond donors (Lipinski definition) is 1. The molecule has 1 aliphatic heterocycles. The van der Waals surface area contributed by atoms with Gasteiger partial charge >= 0.3 is 17.9 Å². The number of nitrogens with two attached hydrogens (primary N) is 1. The number of hydrogen-bond acceptors (Lipinski definition) is 8. The molecule has 1 unspecified atom stereocenters. The Bertz CT molecular complexity index is 1330. The minimum Gasteiger partial charge on any atom is -0.466 e. The van der Waals surface area contributed by atoms with E-state index in [0.717, 1.165) is 5.56 Å². The molecule has 0 fully saturated rings. The van der Waals surface area contributed by atoms with E-state index in [1.165, 1.54) is 19.1 Å². The lowest BCUT2D eigenvalue weighted by molar-refractivity contribution is -0.150. The third kappa shape index (κ3) is 6.28. The third-order valence-electron chi connectivity index (χ3n) is 6.17. The number of methoxy groups -OCH3 is 2. The maximum atomic E-state index is 13.8. The molecule has 0 saturated carbocycles. The van der Waals surface area contributed by atoms with E-state index < -0.39 is 29.4 Å². The van der Waals surface area contributed by atoms with Gasteiger partial charge in [-0.05, 0) is 61.6 Å². The number of carbonyl (C=O) groups excluding carboxylic acids is 3. The van der Waals surface area contributed by atoms with Gasteiger partial charge in [-0.25, -0.2) is 14.4 Å². The summed E-state index contributed by atoms with van der Waals surface area (Å²) >= 11 is 6.10. The second-order valence-electron chi connectivity index (χ2n) is 11.2. The molecular formula is C30H35ClN2O6. The lowest BCUT2D eigenvalue weighted by Crippen LogP contribution is -2.43. The predicted molar refractivity (Wildman–Crippen MR) is 150 cm³/mol. The Morgan fingerprint density at radius 3 is 1.79 bits per heavy atom. The number of ether oxygens (including phenoxy) is 3. The fraction of sp³-hybridized carbons (Fsp3) is 0.367. The summed E-state index contributed by atoms with van der Waals surface area (Å²) in [7, 11) is 2.39. The van der Waals surface area contributed by atoms with Gasteiger partial charge in [0.25, 0.3) is 0 Å². The van der Waals surface area contributed by atoms with Gasteiger partial charge in [0.05, 0.1) is 31.3 Å². The van der Waals surface area contributed by atoms with Gasteiger partial charge < -0.3 is 19.9 Å². The zero-order chi connectivity index (χ0) is 29.3. The smallest absolute Gasteiger partial charge is 0.355 e.